The molecule has 1 aromatic heterocycles. The smallest absolute Gasteiger partial charge is 0.344 e. The average molecular weight is 284 g/mol. The van der Waals surface area contributed by atoms with Crippen LogP contribution in [0.2, 0.25) is 0 Å². The fourth-order valence-corrected chi connectivity index (χ4v) is 2.32. The molecule has 0 amide bonds. The minimum Gasteiger partial charge on any atom is -0.497 e. The molecule has 0 saturated carbocycles. The lowest BCUT2D eigenvalue weighted by molar-refractivity contribution is 0.414. The molecule has 0 spiro atoms. The Kier molecular flexibility index (Phi) is 3.24. The molecule has 0 radical (unpaired) electrons. The first-order valence-corrected chi connectivity index (χ1v) is 6.53. The van der Waals surface area contributed by atoms with Gasteiger partial charge in [0.05, 0.1) is 12.7 Å². The first kappa shape index (κ1) is 12.8. The van der Waals surface area contributed by atoms with Gasteiger partial charge in [-0.3, -0.25) is 0 Å². The summed E-state index contributed by atoms with van der Waals surface area (Å²) < 4.78 is 10.5. The molecule has 20 heavy (non-hydrogen) atoms. The van der Waals surface area contributed by atoms with E-state index in [2.05, 4.69) is 12.6 Å². The van der Waals surface area contributed by atoms with Crippen LogP contribution in [0.4, 0.5) is 0 Å². The van der Waals surface area contributed by atoms with Gasteiger partial charge in [-0.05, 0) is 35.9 Å². The lowest BCUT2D eigenvalue weighted by Gasteiger charge is -2.05. The Morgan fingerprint density at radius 2 is 1.95 bits per heavy atom. The average Bonchev–Trinajstić information content (AvgIpc) is 2.46. The van der Waals surface area contributed by atoms with E-state index in [9.17, 15) is 4.79 Å². The molecule has 0 N–H and O–H groups in total. The normalized spacial score (nSPS) is 10.7. The molecule has 0 fully saturated rings. The summed E-state index contributed by atoms with van der Waals surface area (Å²) in [4.78, 5) is 12.9. The van der Waals surface area contributed by atoms with Gasteiger partial charge in [-0.2, -0.15) is 0 Å². The van der Waals surface area contributed by atoms with Crippen LogP contribution in [0, 0.1) is 0 Å². The summed E-state index contributed by atoms with van der Waals surface area (Å²) in [6, 6.07) is 14.6. The van der Waals surface area contributed by atoms with Crippen LogP contribution >= 0.6 is 12.6 Å². The van der Waals surface area contributed by atoms with E-state index in [0.29, 0.717) is 16.9 Å². The zero-order valence-corrected chi connectivity index (χ0v) is 11.7. The molecule has 2 aromatic carbocycles. The molecule has 0 aliphatic rings. The number of fused-ring (bicyclic) bond motifs is 1. The number of rotatable bonds is 2. The fraction of sp³-hybridized carbons (Fsp3) is 0.0625. The third kappa shape index (κ3) is 2.30. The van der Waals surface area contributed by atoms with Crippen molar-refractivity contribution in [1.29, 1.82) is 0 Å². The Morgan fingerprint density at radius 3 is 2.70 bits per heavy atom. The van der Waals surface area contributed by atoms with Crippen LogP contribution in [0.5, 0.6) is 5.75 Å². The summed E-state index contributed by atoms with van der Waals surface area (Å²) in [5.41, 5.74) is 1.47. The Morgan fingerprint density at radius 1 is 1.10 bits per heavy atom. The maximum atomic E-state index is 12.1. The molecule has 0 saturated heterocycles. The molecule has 4 heteroatoms. The highest BCUT2D eigenvalue weighted by molar-refractivity contribution is 7.80. The summed E-state index contributed by atoms with van der Waals surface area (Å²) in [5.74, 6) is 0.658. The molecule has 3 aromatic rings. The highest BCUT2D eigenvalue weighted by Gasteiger charge is 2.08. The minimum atomic E-state index is -0.371. The summed E-state index contributed by atoms with van der Waals surface area (Å²) in [6.45, 7) is 0. The molecule has 3 rings (SSSR count). The van der Waals surface area contributed by atoms with Crippen molar-refractivity contribution < 1.29 is 9.15 Å². The molecule has 1 heterocycles. The van der Waals surface area contributed by atoms with Crippen LogP contribution in [0.3, 0.4) is 0 Å². The molecule has 0 atom stereocenters. The Balaban J connectivity index is 2.23. The minimum absolute atomic E-state index is 0.371. The van der Waals surface area contributed by atoms with E-state index in [1.807, 2.05) is 42.5 Å². The van der Waals surface area contributed by atoms with Gasteiger partial charge in [0, 0.05) is 16.3 Å². The number of ether oxygens (including phenoxy) is 1. The van der Waals surface area contributed by atoms with Crippen molar-refractivity contribution in [3.05, 3.63) is 59.0 Å². The highest BCUT2D eigenvalue weighted by atomic mass is 32.1. The quantitative estimate of drug-likeness (QED) is 0.575. The van der Waals surface area contributed by atoms with Crippen molar-refractivity contribution in [3.8, 4) is 16.9 Å². The molecule has 0 aliphatic heterocycles. The monoisotopic (exact) mass is 284 g/mol. The van der Waals surface area contributed by atoms with E-state index in [4.69, 9.17) is 9.15 Å². The lowest BCUT2D eigenvalue weighted by Crippen LogP contribution is -2.02. The molecule has 100 valence electrons. The molecular formula is C16H12O3S. The van der Waals surface area contributed by atoms with Crippen LogP contribution < -0.4 is 10.4 Å². The third-order valence-electron chi connectivity index (χ3n) is 3.10. The molecule has 3 nitrogen and oxygen atoms in total. The topological polar surface area (TPSA) is 39.4 Å². The maximum Gasteiger partial charge on any atom is 0.344 e. The number of benzene rings is 2. The van der Waals surface area contributed by atoms with Gasteiger partial charge in [0.1, 0.15) is 11.3 Å². The third-order valence-corrected chi connectivity index (χ3v) is 3.38. The second kappa shape index (κ2) is 5.06. The van der Waals surface area contributed by atoms with E-state index < -0.39 is 0 Å². The predicted molar refractivity (Wildman–Crippen MR) is 81.7 cm³/mol. The van der Waals surface area contributed by atoms with Gasteiger partial charge >= 0.3 is 5.63 Å². The molecule has 0 unspecified atom stereocenters. The van der Waals surface area contributed by atoms with Gasteiger partial charge in [0.2, 0.25) is 0 Å². The Bertz CT molecular complexity index is 836. The molecular weight excluding hydrogens is 272 g/mol. The van der Waals surface area contributed by atoms with E-state index in [1.54, 1.807) is 13.2 Å². The zero-order chi connectivity index (χ0) is 14.1. The second-order valence-corrected chi connectivity index (χ2v) is 4.92. The van der Waals surface area contributed by atoms with Crippen molar-refractivity contribution in [2.75, 3.05) is 7.11 Å². The highest BCUT2D eigenvalue weighted by Crippen LogP contribution is 2.25. The van der Waals surface area contributed by atoms with Crippen LogP contribution in [0.25, 0.3) is 22.1 Å². The van der Waals surface area contributed by atoms with Crippen molar-refractivity contribution in [2.24, 2.45) is 0 Å². The van der Waals surface area contributed by atoms with Gasteiger partial charge in [0.25, 0.3) is 0 Å². The van der Waals surface area contributed by atoms with Crippen LogP contribution in [-0.4, -0.2) is 7.11 Å². The van der Waals surface area contributed by atoms with Gasteiger partial charge in [-0.25, -0.2) is 4.79 Å². The van der Waals surface area contributed by atoms with Crippen molar-refractivity contribution >= 4 is 23.6 Å². The summed E-state index contributed by atoms with van der Waals surface area (Å²) >= 11 is 4.29. The molecule has 0 aliphatic carbocycles. The Labute approximate surface area is 121 Å². The fourth-order valence-electron chi connectivity index (χ4n) is 2.09. The van der Waals surface area contributed by atoms with Crippen LogP contribution in [0.1, 0.15) is 0 Å². The van der Waals surface area contributed by atoms with Gasteiger partial charge in [-0.1, -0.05) is 12.1 Å². The first-order valence-electron chi connectivity index (χ1n) is 6.09. The first-order chi connectivity index (χ1) is 9.67. The van der Waals surface area contributed by atoms with E-state index >= 15 is 0 Å². The SMILES string of the molecule is COc1ccc2cc(-c3cccc(S)c3)c(=O)oc2c1. The summed E-state index contributed by atoms with van der Waals surface area (Å²) in [7, 11) is 1.58. The number of thiol groups is 1. The van der Waals surface area contributed by atoms with Crippen molar-refractivity contribution in [1.82, 2.24) is 0 Å². The lowest BCUT2D eigenvalue weighted by atomic mass is 10.1. The largest absolute Gasteiger partial charge is 0.497 e. The van der Waals surface area contributed by atoms with Gasteiger partial charge in [0.15, 0.2) is 0 Å². The summed E-state index contributed by atoms with van der Waals surface area (Å²) in [6.07, 6.45) is 0. The predicted octanol–water partition coefficient (Wildman–Crippen LogP) is 3.76. The van der Waals surface area contributed by atoms with E-state index in [0.717, 1.165) is 15.8 Å². The van der Waals surface area contributed by atoms with Gasteiger partial charge < -0.3 is 9.15 Å². The number of hydrogen-bond donors (Lipinski definition) is 1. The second-order valence-electron chi connectivity index (χ2n) is 4.40. The number of hydrogen-bond acceptors (Lipinski definition) is 4. The zero-order valence-electron chi connectivity index (χ0n) is 10.8. The van der Waals surface area contributed by atoms with Crippen molar-refractivity contribution in [3.63, 3.8) is 0 Å². The number of methoxy groups -OCH3 is 1. The molecule has 0 bridgehead atoms. The van der Waals surface area contributed by atoms with Crippen LogP contribution in [-0.2, 0) is 0 Å². The van der Waals surface area contributed by atoms with E-state index in [-0.39, 0.29) is 5.63 Å². The van der Waals surface area contributed by atoms with Gasteiger partial charge in [-0.15, -0.1) is 12.6 Å². The van der Waals surface area contributed by atoms with Crippen molar-refractivity contribution in [2.45, 2.75) is 4.90 Å². The Hall–Kier alpha value is -2.20. The summed E-state index contributed by atoms with van der Waals surface area (Å²) in [5, 5.41) is 0.852. The maximum absolute atomic E-state index is 12.1. The van der Waals surface area contributed by atoms with Crippen LogP contribution in [0.15, 0.2) is 62.6 Å². The standard InChI is InChI=1S/C16H12O3S/c1-18-12-6-5-11-8-14(16(17)19-15(11)9-12)10-3-2-4-13(20)7-10/h2-9,20H,1H3. The van der Waals surface area contributed by atoms with E-state index in [1.165, 1.54) is 0 Å².